The van der Waals surface area contributed by atoms with E-state index in [9.17, 15) is 0 Å². The Hall–Kier alpha value is -1.16. The van der Waals surface area contributed by atoms with Crippen LogP contribution in [-0.2, 0) is 19.4 Å². The lowest BCUT2D eigenvalue weighted by Gasteiger charge is -2.14. The molecule has 0 aliphatic rings. The zero-order chi connectivity index (χ0) is 14.8. The molecule has 0 aliphatic carbocycles. The zero-order valence-electron chi connectivity index (χ0n) is 13.2. The standard InChI is InChI=1S/C16H29N3O/c1-4-7-8-9-10-11-20-16-14(12-17)13(5-2)15(6-3)18-19-16/h4-12,17H2,1-3H3. The van der Waals surface area contributed by atoms with Crippen molar-refractivity contribution < 1.29 is 4.74 Å². The van der Waals surface area contributed by atoms with Crippen LogP contribution in [-0.4, -0.2) is 16.8 Å². The number of hydrogen-bond acceptors (Lipinski definition) is 4. The predicted molar refractivity (Wildman–Crippen MR) is 82.9 cm³/mol. The Labute approximate surface area is 123 Å². The maximum Gasteiger partial charge on any atom is 0.238 e. The Morgan fingerprint density at radius 1 is 0.900 bits per heavy atom. The van der Waals surface area contributed by atoms with E-state index >= 15 is 0 Å². The van der Waals surface area contributed by atoms with Gasteiger partial charge in [0.15, 0.2) is 0 Å². The Kier molecular flexibility index (Phi) is 8.19. The van der Waals surface area contributed by atoms with Gasteiger partial charge in [-0.2, -0.15) is 5.10 Å². The van der Waals surface area contributed by atoms with Crippen molar-refractivity contribution in [2.24, 2.45) is 5.73 Å². The van der Waals surface area contributed by atoms with Crippen LogP contribution in [0.25, 0.3) is 0 Å². The summed E-state index contributed by atoms with van der Waals surface area (Å²) >= 11 is 0. The van der Waals surface area contributed by atoms with Gasteiger partial charge in [0.2, 0.25) is 5.88 Å². The van der Waals surface area contributed by atoms with Gasteiger partial charge in [-0.05, 0) is 24.8 Å². The molecule has 0 saturated heterocycles. The van der Waals surface area contributed by atoms with E-state index in [4.69, 9.17) is 10.5 Å². The van der Waals surface area contributed by atoms with Crippen LogP contribution in [0.1, 0.15) is 69.7 Å². The van der Waals surface area contributed by atoms with Gasteiger partial charge in [-0.15, -0.1) is 5.10 Å². The Balaban J connectivity index is 2.61. The third-order valence-electron chi connectivity index (χ3n) is 3.61. The summed E-state index contributed by atoms with van der Waals surface area (Å²) in [4.78, 5) is 0. The second-order valence-corrected chi connectivity index (χ2v) is 5.08. The fraction of sp³-hybridized carbons (Fsp3) is 0.750. The fourth-order valence-electron chi connectivity index (χ4n) is 2.43. The van der Waals surface area contributed by atoms with E-state index in [2.05, 4.69) is 31.0 Å². The molecule has 0 radical (unpaired) electrons. The molecule has 1 aromatic rings. The molecule has 1 rings (SSSR count). The van der Waals surface area contributed by atoms with E-state index in [1.54, 1.807) is 0 Å². The van der Waals surface area contributed by atoms with E-state index in [0.29, 0.717) is 19.0 Å². The average Bonchev–Trinajstić information content (AvgIpc) is 2.49. The van der Waals surface area contributed by atoms with Gasteiger partial charge < -0.3 is 10.5 Å². The monoisotopic (exact) mass is 279 g/mol. The number of aryl methyl sites for hydroxylation is 1. The highest BCUT2D eigenvalue weighted by Gasteiger charge is 2.14. The molecule has 1 aromatic heterocycles. The third-order valence-corrected chi connectivity index (χ3v) is 3.61. The topological polar surface area (TPSA) is 61.0 Å². The minimum atomic E-state index is 0.469. The molecular formula is C16H29N3O. The first kappa shape index (κ1) is 16.9. The van der Waals surface area contributed by atoms with Crippen LogP contribution in [0.15, 0.2) is 0 Å². The summed E-state index contributed by atoms with van der Waals surface area (Å²) in [6.07, 6.45) is 7.96. The van der Waals surface area contributed by atoms with Crippen LogP contribution in [0, 0.1) is 0 Å². The molecule has 1 heterocycles. The molecule has 114 valence electrons. The van der Waals surface area contributed by atoms with Gasteiger partial charge >= 0.3 is 0 Å². The first-order chi connectivity index (χ1) is 9.78. The molecule has 0 bridgehead atoms. The number of aromatic nitrogens is 2. The van der Waals surface area contributed by atoms with Gasteiger partial charge in [-0.25, -0.2) is 0 Å². The van der Waals surface area contributed by atoms with Crippen molar-refractivity contribution in [3.63, 3.8) is 0 Å². The first-order valence-electron chi connectivity index (χ1n) is 7.98. The van der Waals surface area contributed by atoms with Gasteiger partial charge in [0.1, 0.15) is 0 Å². The largest absolute Gasteiger partial charge is 0.476 e. The molecule has 0 aromatic carbocycles. The molecule has 20 heavy (non-hydrogen) atoms. The summed E-state index contributed by atoms with van der Waals surface area (Å²) in [5.41, 5.74) is 9.17. The highest BCUT2D eigenvalue weighted by Crippen LogP contribution is 2.22. The average molecular weight is 279 g/mol. The molecule has 0 unspecified atom stereocenters. The van der Waals surface area contributed by atoms with Gasteiger partial charge in [0, 0.05) is 12.1 Å². The molecule has 0 aliphatic heterocycles. The van der Waals surface area contributed by atoms with Crippen molar-refractivity contribution in [3.05, 3.63) is 16.8 Å². The molecular weight excluding hydrogens is 250 g/mol. The summed E-state index contributed by atoms with van der Waals surface area (Å²) in [5.74, 6) is 0.636. The minimum absolute atomic E-state index is 0.469. The smallest absolute Gasteiger partial charge is 0.238 e. The molecule has 4 heteroatoms. The number of rotatable bonds is 10. The summed E-state index contributed by atoms with van der Waals surface area (Å²) in [6, 6.07) is 0. The van der Waals surface area contributed by atoms with Gasteiger partial charge in [-0.3, -0.25) is 0 Å². The molecule has 0 spiro atoms. The maximum absolute atomic E-state index is 5.87. The summed E-state index contributed by atoms with van der Waals surface area (Å²) < 4.78 is 5.80. The van der Waals surface area contributed by atoms with Gasteiger partial charge in [-0.1, -0.05) is 46.5 Å². The highest BCUT2D eigenvalue weighted by atomic mass is 16.5. The predicted octanol–water partition coefficient (Wildman–Crippen LogP) is 3.41. The van der Waals surface area contributed by atoms with Crippen molar-refractivity contribution >= 4 is 0 Å². The Bertz CT molecular complexity index is 394. The van der Waals surface area contributed by atoms with Gasteiger partial charge in [0.05, 0.1) is 12.3 Å². The summed E-state index contributed by atoms with van der Waals surface area (Å²) in [7, 11) is 0. The number of ether oxygens (including phenoxy) is 1. The lowest BCUT2D eigenvalue weighted by atomic mass is 10.0. The van der Waals surface area contributed by atoms with Gasteiger partial charge in [0.25, 0.3) is 0 Å². The van der Waals surface area contributed by atoms with E-state index in [1.165, 1.54) is 31.2 Å². The lowest BCUT2D eigenvalue weighted by Crippen LogP contribution is -2.12. The van der Waals surface area contributed by atoms with Crippen LogP contribution in [0.4, 0.5) is 0 Å². The normalized spacial score (nSPS) is 10.8. The molecule has 0 fully saturated rings. The van der Waals surface area contributed by atoms with E-state index in [1.807, 2.05) is 0 Å². The Morgan fingerprint density at radius 3 is 2.25 bits per heavy atom. The molecule has 0 saturated carbocycles. The van der Waals surface area contributed by atoms with Crippen LogP contribution in [0.5, 0.6) is 5.88 Å². The molecule has 0 atom stereocenters. The van der Waals surface area contributed by atoms with Crippen LogP contribution < -0.4 is 10.5 Å². The Morgan fingerprint density at radius 2 is 1.65 bits per heavy atom. The number of nitrogens with two attached hydrogens (primary N) is 1. The van der Waals surface area contributed by atoms with Crippen LogP contribution in [0.2, 0.25) is 0 Å². The first-order valence-corrected chi connectivity index (χ1v) is 7.98. The summed E-state index contributed by atoms with van der Waals surface area (Å²) in [6.45, 7) is 7.62. The SMILES string of the molecule is CCCCCCCOc1nnc(CC)c(CC)c1CN. The van der Waals surface area contributed by atoms with E-state index in [0.717, 1.165) is 30.5 Å². The lowest BCUT2D eigenvalue weighted by molar-refractivity contribution is 0.286. The van der Waals surface area contributed by atoms with Crippen molar-refractivity contribution in [2.45, 2.75) is 72.3 Å². The van der Waals surface area contributed by atoms with Crippen LogP contribution in [0.3, 0.4) is 0 Å². The summed E-state index contributed by atoms with van der Waals surface area (Å²) in [5, 5.41) is 8.49. The third kappa shape index (κ3) is 4.75. The van der Waals surface area contributed by atoms with Crippen molar-refractivity contribution in [1.82, 2.24) is 10.2 Å². The second kappa shape index (κ2) is 9.70. The number of unbranched alkanes of at least 4 members (excludes halogenated alkanes) is 4. The van der Waals surface area contributed by atoms with Crippen molar-refractivity contribution in [3.8, 4) is 5.88 Å². The molecule has 2 N–H and O–H groups in total. The molecule has 4 nitrogen and oxygen atoms in total. The van der Waals surface area contributed by atoms with E-state index in [-0.39, 0.29) is 0 Å². The second-order valence-electron chi connectivity index (χ2n) is 5.08. The van der Waals surface area contributed by atoms with Crippen molar-refractivity contribution in [2.75, 3.05) is 6.61 Å². The molecule has 0 amide bonds. The van der Waals surface area contributed by atoms with E-state index < -0.39 is 0 Å². The number of hydrogen-bond donors (Lipinski definition) is 1. The maximum atomic E-state index is 5.87. The quantitative estimate of drug-likeness (QED) is 0.667. The number of nitrogens with zero attached hydrogens (tertiary/aromatic N) is 2. The minimum Gasteiger partial charge on any atom is -0.476 e. The van der Waals surface area contributed by atoms with Crippen molar-refractivity contribution in [1.29, 1.82) is 0 Å². The fourth-order valence-corrected chi connectivity index (χ4v) is 2.43. The highest BCUT2D eigenvalue weighted by molar-refractivity contribution is 5.36. The van der Waals surface area contributed by atoms with Crippen LogP contribution >= 0.6 is 0 Å². The zero-order valence-corrected chi connectivity index (χ0v) is 13.2.